The van der Waals surface area contributed by atoms with Crippen LogP contribution >= 0.6 is 0 Å². The van der Waals surface area contributed by atoms with E-state index in [4.69, 9.17) is 8.85 Å². The van der Waals surface area contributed by atoms with Gasteiger partial charge in [-0.05, 0) is 37.9 Å². The van der Waals surface area contributed by atoms with E-state index < -0.39 is 9.28 Å². The Morgan fingerprint density at radius 2 is 1.32 bits per heavy atom. The third-order valence-corrected chi connectivity index (χ3v) is 5.99. The summed E-state index contributed by atoms with van der Waals surface area (Å²) in [5.74, 6) is 0. The summed E-state index contributed by atoms with van der Waals surface area (Å²) < 4.78 is 10.9. The van der Waals surface area contributed by atoms with Crippen molar-refractivity contribution in [1.29, 1.82) is 0 Å². The van der Waals surface area contributed by atoms with Crippen molar-refractivity contribution < 1.29 is 8.85 Å². The van der Waals surface area contributed by atoms with Crippen LogP contribution in [0.25, 0.3) is 32.3 Å². The molecule has 2 nitrogen and oxygen atoms in total. The maximum atomic E-state index is 5.47. The average molecular weight is 305 g/mol. The van der Waals surface area contributed by atoms with Crippen LogP contribution in [0.2, 0.25) is 0 Å². The first-order valence-electron chi connectivity index (χ1n) is 7.41. The van der Waals surface area contributed by atoms with Gasteiger partial charge >= 0.3 is 9.28 Å². The fourth-order valence-corrected chi connectivity index (χ4v) is 4.41. The molecule has 4 aromatic carbocycles. The summed E-state index contributed by atoms with van der Waals surface area (Å²) >= 11 is 0. The summed E-state index contributed by atoms with van der Waals surface area (Å²) in [7, 11) is 2.22. The minimum absolute atomic E-state index is 0.853. The van der Waals surface area contributed by atoms with Gasteiger partial charge in [0.05, 0.1) is 0 Å². The highest BCUT2D eigenvalue weighted by atomic mass is 28.3. The molecule has 4 rings (SSSR count). The van der Waals surface area contributed by atoms with Crippen LogP contribution in [0.15, 0.2) is 54.6 Å². The van der Waals surface area contributed by atoms with Crippen LogP contribution in [-0.2, 0) is 14.9 Å². The quantitative estimate of drug-likeness (QED) is 0.410. The molecule has 1 radical (unpaired) electrons. The van der Waals surface area contributed by atoms with Gasteiger partial charge in [0, 0.05) is 20.3 Å². The van der Waals surface area contributed by atoms with Gasteiger partial charge in [-0.15, -0.1) is 0 Å². The van der Waals surface area contributed by atoms with Crippen LogP contribution < -0.4 is 0 Å². The molecule has 0 bridgehead atoms. The maximum Gasteiger partial charge on any atom is 0.388 e. The molecule has 22 heavy (non-hydrogen) atoms. The molecule has 0 aliphatic heterocycles. The summed E-state index contributed by atoms with van der Waals surface area (Å²) in [5, 5.41) is 7.95. The Morgan fingerprint density at radius 3 is 2.00 bits per heavy atom. The summed E-state index contributed by atoms with van der Waals surface area (Å²) in [6.07, 6.45) is 0. The molecule has 0 fully saturated rings. The molecule has 0 N–H and O–H groups in total. The van der Waals surface area contributed by atoms with Crippen molar-refractivity contribution in [2.45, 2.75) is 6.04 Å². The lowest BCUT2D eigenvalue weighted by Gasteiger charge is -2.15. The van der Waals surface area contributed by atoms with E-state index in [9.17, 15) is 0 Å². The van der Waals surface area contributed by atoms with E-state index in [0.717, 1.165) is 6.04 Å². The fourth-order valence-electron chi connectivity index (χ4n) is 3.33. The third-order valence-electron chi connectivity index (χ3n) is 4.41. The zero-order valence-corrected chi connectivity index (χ0v) is 13.7. The van der Waals surface area contributed by atoms with Crippen molar-refractivity contribution >= 4 is 41.6 Å². The minimum Gasteiger partial charge on any atom is -0.397 e. The predicted molar refractivity (Wildman–Crippen MR) is 93.6 cm³/mol. The molecule has 0 aromatic heterocycles. The Balaban J connectivity index is 2.04. The molecule has 0 aliphatic rings. The van der Waals surface area contributed by atoms with Crippen molar-refractivity contribution in [2.24, 2.45) is 0 Å². The van der Waals surface area contributed by atoms with Crippen LogP contribution in [0, 0.1) is 0 Å². The van der Waals surface area contributed by atoms with Gasteiger partial charge in [-0.1, -0.05) is 54.6 Å². The normalized spacial score (nSPS) is 12.1. The summed E-state index contributed by atoms with van der Waals surface area (Å²) in [6, 6.07) is 20.7. The van der Waals surface area contributed by atoms with E-state index >= 15 is 0 Å². The molecule has 0 heterocycles. The van der Waals surface area contributed by atoms with E-state index in [1.165, 1.54) is 37.9 Å². The second kappa shape index (κ2) is 5.36. The fraction of sp³-hybridized carbons (Fsp3) is 0.158. The Bertz CT molecular complexity index is 928. The van der Waals surface area contributed by atoms with Gasteiger partial charge in [0.1, 0.15) is 0 Å². The molecule has 0 amide bonds. The monoisotopic (exact) mass is 305 g/mol. The number of hydrogen-bond acceptors (Lipinski definition) is 2. The average Bonchev–Trinajstić information content (AvgIpc) is 2.58. The Hall–Kier alpha value is -1.94. The van der Waals surface area contributed by atoms with Crippen LogP contribution in [0.3, 0.4) is 0 Å². The number of rotatable bonds is 4. The summed E-state index contributed by atoms with van der Waals surface area (Å²) in [5.41, 5.74) is 1.31. The highest BCUT2D eigenvalue weighted by Gasteiger charge is 2.17. The molecular weight excluding hydrogens is 288 g/mol. The molecule has 0 saturated carbocycles. The van der Waals surface area contributed by atoms with Gasteiger partial charge in [0.2, 0.25) is 0 Å². The molecule has 109 valence electrons. The molecule has 0 atom stereocenters. The van der Waals surface area contributed by atoms with Gasteiger partial charge < -0.3 is 8.85 Å². The topological polar surface area (TPSA) is 18.5 Å². The molecule has 0 spiro atoms. The molecule has 4 aromatic rings. The second-order valence-electron chi connectivity index (χ2n) is 5.54. The van der Waals surface area contributed by atoms with Gasteiger partial charge in [-0.2, -0.15) is 0 Å². The molecule has 3 heteroatoms. The lowest BCUT2D eigenvalue weighted by atomic mass is 9.92. The van der Waals surface area contributed by atoms with Crippen molar-refractivity contribution in [3.63, 3.8) is 0 Å². The van der Waals surface area contributed by atoms with Gasteiger partial charge in [-0.3, -0.25) is 0 Å². The van der Waals surface area contributed by atoms with Crippen molar-refractivity contribution in [2.75, 3.05) is 14.2 Å². The molecule has 0 saturated heterocycles. The van der Waals surface area contributed by atoms with Crippen molar-refractivity contribution in [3.05, 3.63) is 60.2 Å². The number of hydrogen-bond donors (Lipinski definition) is 0. The highest BCUT2D eigenvalue weighted by Crippen LogP contribution is 2.36. The Labute approximate surface area is 131 Å². The lowest BCUT2D eigenvalue weighted by molar-refractivity contribution is 0.277. The Morgan fingerprint density at radius 1 is 0.727 bits per heavy atom. The smallest absolute Gasteiger partial charge is 0.388 e. The van der Waals surface area contributed by atoms with Gasteiger partial charge in [-0.25, -0.2) is 0 Å². The number of benzene rings is 4. The maximum absolute atomic E-state index is 5.47. The van der Waals surface area contributed by atoms with Crippen LogP contribution in [0.4, 0.5) is 0 Å². The SMILES string of the molecule is CO[Si](Cc1ccc2ccc3cccc4ccc1c2c34)OC. The van der Waals surface area contributed by atoms with Crippen molar-refractivity contribution in [3.8, 4) is 0 Å². The predicted octanol–water partition coefficient (Wildman–Crippen LogP) is 4.45. The molecule has 0 aliphatic carbocycles. The largest absolute Gasteiger partial charge is 0.397 e. The van der Waals surface area contributed by atoms with Gasteiger partial charge in [0.25, 0.3) is 0 Å². The first kappa shape index (κ1) is 13.7. The van der Waals surface area contributed by atoms with Crippen LogP contribution in [-0.4, -0.2) is 23.5 Å². The molecule has 0 unspecified atom stereocenters. The summed E-state index contributed by atoms with van der Waals surface area (Å²) in [6.45, 7) is 0. The van der Waals surface area contributed by atoms with E-state index in [-0.39, 0.29) is 0 Å². The zero-order chi connectivity index (χ0) is 15.1. The van der Waals surface area contributed by atoms with E-state index in [1.807, 2.05) is 0 Å². The zero-order valence-electron chi connectivity index (χ0n) is 12.7. The third kappa shape index (κ3) is 2.02. The van der Waals surface area contributed by atoms with E-state index in [1.54, 1.807) is 14.2 Å². The molecular formula is C19H17O2Si. The Kier molecular flexibility index (Phi) is 3.34. The van der Waals surface area contributed by atoms with E-state index in [0.29, 0.717) is 0 Å². The second-order valence-corrected chi connectivity index (χ2v) is 7.45. The highest BCUT2D eigenvalue weighted by molar-refractivity contribution is 6.44. The standard InChI is InChI=1S/C19H17O2Si/c1-20-22(21-2)12-16-9-8-15-7-6-13-4-3-5-14-10-11-17(16)19(15)18(13)14/h3-11H,12H2,1-2H3. The van der Waals surface area contributed by atoms with Crippen LogP contribution in [0.1, 0.15) is 5.56 Å². The summed E-state index contributed by atoms with van der Waals surface area (Å²) in [4.78, 5) is 0. The first-order valence-corrected chi connectivity index (χ1v) is 8.93. The minimum atomic E-state index is -1.24. The van der Waals surface area contributed by atoms with Crippen molar-refractivity contribution in [1.82, 2.24) is 0 Å². The van der Waals surface area contributed by atoms with E-state index in [2.05, 4.69) is 54.6 Å². The van der Waals surface area contributed by atoms with Crippen LogP contribution in [0.5, 0.6) is 0 Å². The first-order chi connectivity index (χ1) is 10.8. The lowest BCUT2D eigenvalue weighted by Crippen LogP contribution is -2.22. The van der Waals surface area contributed by atoms with Gasteiger partial charge in [0.15, 0.2) is 0 Å².